The topological polar surface area (TPSA) is 487 Å². The predicted octanol–water partition coefficient (Wildman–Crippen LogP) is 5.03. The Morgan fingerprint density at radius 2 is 1.11 bits per heavy atom. The van der Waals surface area contributed by atoms with Crippen LogP contribution in [0.5, 0.6) is 11.5 Å². The number of aliphatic hydroxyl groups is 2. The number of nitrogens with two attached hydrogens (primary N) is 1. The van der Waals surface area contributed by atoms with Crippen LogP contribution in [-0.4, -0.2) is 175 Å². The van der Waals surface area contributed by atoms with Gasteiger partial charge in [-0.3, -0.25) is 63.1 Å². The molecule has 8 aromatic rings. The minimum absolute atomic E-state index is 0.0360. The van der Waals surface area contributed by atoms with Gasteiger partial charge in [-0.25, -0.2) is 37.9 Å². The zero-order chi connectivity index (χ0) is 89.6. The monoisotopic (exact) mass is 1720 g/mol. The summed E-state index contributed by atoms with van der Waals surface area (Å²) in [6.07, 6.45) is 1.72. The molecule has 4 aromatic heterocycles. The number of esters is 2. The van der Waals surface area contributed by atoms with Crippen molar-refractivity contribution in [2.75, 3.05) is 56.6 Å². The molecule has 656 valence electrons. The normalized spacial score (nSPS) is 16.5. The number of pyridine rings is 4. The SMILES string of the molecule is CCc1c2c(nc3cc(F)c(OCNC(=O)OCc4ccc(NC(=O)[C@H](C)NC(=O)[C@@H](NC(=O)CN(CCN5C(=O)C=CC5=O)CC(=O)NCC(=O)N[C@@H](CCCCN)C(=O)Nc5ccc(COC(=O)Oc6cc7c(CC)c8c(nc7cc6F)-c6cc7c(c(=O)n6C8)COC(=O)[C@]7(O)CC)cc5)C(C)C)cc4)cc13)-c1cc3c(c(=O)n1C2)COC(=O)[C@]3(O)CC. The predicted molar refractivity (Wildman–Crippen MR) is 442 cm³/mol. The molecule has 36 nitrogen and oxygen atoms in total. The van der Waals surface area contributed by atoms with Crippen molar-refractivity contribution in [3.05, 3.63) is 185 Å². The largest absolute Gasteiger partial charge is 0.514 e. The van der Waals surface area contributed by atoms with Gasteiger partial charge in [-0.2, -0.15) is 0 Å². The summed E-state index contributed by atoms with van der Waals surface area (Å²) < 4.78 is 66.5. The van der Waals surface area contributed by atoms with Gasteiger partial charge in [-0.15, -0.1) is 0 Å². The summed E-state index contributed by atoms with van der Waals surface area (Å²) in [5.74, 6) is -10.4. The average molecular weight is 1720 g/mol. The van der Waals surface area contributed by atoms with Gasteiger partial charge < -0.3 is 85.4 Å². The standard InChI is InChI=1S/C87H92F2N14O22/c1-8-50-52-28-67(60(88)32-63(52)97-75-54(50)35-102-65(75)30-58-56(80(102)112)41-120-82(114)86(58,118)10-3)124-43-92-84(116)122-39-46-15-19-48(20-16-46)94-77(109)45(7)93-79(111)74(44(5)6)99-71(106)38-100(26-27-101-72(107)23-24-73(101)108)37-70(105)91-34-69(104)96-62(14-12-13-25-90)78(110)95-49-21-17-47(18-22-49)40-123-85(117)125-68-29-53-51(9-2)55-36-103-66(76(55)98-64(53)33-61(68)89)31-59-57(81(103)113)42-121-83(115)87(59,119)11-4/h15-24,28-33,44-45,62,74,118-119H,8-14,25-27,34-43,90H2,1-7H3,(H,91,105)(H,92,116)(H,93,111)(H,94,109)(H,95,110)(H,96,104)(H,99,106)/t45-,62-,74-,86-,87-/m0/s1. The van der Waals surface area contributed by atoms with E-state index < -0.39 is 162 Å². The summed E-state index contributed by atoms with van der Waals surface area (Å²) in [4.78, 5) is 198. The maximum atomic E-state index is 15.8. The van der Waals surface area contributed by atoms with Crippen LogP contribution in [0.2, 0.25) is 0 Å². The van der Waals surface area contributed by atoms with Crippen molar-refractivity contribution in [1.29, 1.82) is 0 Å². The highest BCUT2D eigenvalue weighted by Gasteiger charge is 2.48. The summed E-state index contributed by atoms with van der Waals surface area (Å²) in [7, 11) is 0. The first kappa shape index (κ1) is 89.0. The lowest BCUT2D eigenvalue weighted by Gasteiger charge is -2.31. The number of aromatic nitrogens is 4. The number of amides is 9. The molecule has 5 aliphatic rings. The van der Waals surface area contributed by atoms with Gasteiger partial charge >= 0.3 is 24.2 Å². The lowest BCUT2D eigenvalue weighted by atomic mass is 9.86. The molecule has 0 saturated heterocycles. The van der Waals surface area contributed by atoms with Crippen molar-refractivity contribution in [2.24, 2.45) is 11.7 Å². The van der Waals surface area contributed by atoms with Crippen molar-refractivity contribution in [1.82, 2.24) is 55.5 Å². The van der Waals surface area contributed by atoms with Crippen LogP contribution in [0.3, 0.4) is 0 Å². The number of hydrogen-bond acceptors (Lipinski definition) is 26. The molecule has 0 unspecified atom stereocenters. The third-order valence-corrected chi connectivity index (χ3v) is 22.6. The molecule has 0 fully saturated rings. The number of nitrogens with one attached hydrogen (secondary N) is 7. The summed E-state index contributed by atoms with van der Waals surface area (Å²) in [5.41, 5.74) is 7.55. The maximum absolute atomic E-state index is 15.8. The molecule has 4 aromatic carbocycles. The summed E-state index contributed by atoms with van der Waals surface area (Å²) in [6.45, 7) is 8.10. The fourth-order valence-electron chi connectivity index (χ4n) is 15.7. The van der Waals surface area contributed by atoms with E-state index >= 15 is 8.78 Å². The second-order valence-corrected chi connectivity index (χ2v) is 31.0. The van der Waals surface area contributed by atoms with Crippen LogP contribution >= 0.6 is 0 Å². The molecule has 0 saturated carbocycles. The number of nitrogens with zero attached hydrogens (tertiary/aromatic N) is 6. The number of imide groups is 1. The molecule has 0 bridgehead atoms. The maximum Gasteiger partial charge on any atom is 0.514 e. The molecule has 0 aliphatic carbocycles. The summed E-state index contributed by atoms with van der Waals surface area (Å²) >= 11 is 0. The number of benzene rings is 4. The van der Waals surface area contributed by atoms with Crippen LogP contribution in [0, 0.1) is 17.6 Å². The van der Waals surface area contributed by atoms with E-state index in [1.54, 1.807) is 52.0 Å². The molecule has 0 radical (unpaired) electrons. The number of carbonyl (C=O) groups excluding carboxylic acids is 12. The molecule has 9 heterocycles. The van der Waals surface area contributed by atoms with Gasteiger partial charge in [0.15, 0.2) is 41.1 Å². The second kappa shape index (κ2) is 37.5. The molecule has 5 aliphatic heterocycles. The molecular formula is C87H92F2N14O22. The van der Waals surface area contributed by atoms with Gasteiger partial charge in [-0.1, -0.05) is 65.8 Å². The number of hydrogen-bond donors (Lipinski definition) is 10. The van der Waals surface area contributed by atoms with E-state index in [0.29, 0.717) is 92.7 Å². The molecule has 125 heavy (non-hydrogen) atoms. The quantitative estimate of drug-likeness (QED) is 0.00631. The smallest absolute Gasteiger partial charge is 0.470 e. The van der Waals surface area contributed by atoms with Crippen molar-refractivity contribution < 1.29 is 105 Å². The fourth-order valence-corrected chi connectivity index (χ4v) is 15.7. The van der Waals surface area contributed by atoms with Crippen LogP contribution in [0.4, 0.5) is 29.7 Å². The number of unbranched alkanes of at least 4 members (excludes halogenated alkanes) is 1. The minimum atomic E-state index is -2.05. The Hall–Kier alpha value is -13.7. The molecule has 13 rings (SSSR count). The number of halogens is 2. The first-order valence-corrected chi connectivity index (χ1v) is 40.7. The highest BCUT2D eigenvalue weighted by molar-refractivity contribution is 6.13. The Kier molecular flexibility index (Phi) is 26.7. The molecule has 11 N–H and O–H groups in total. The number of ether oxygens (including phenoxy) is 6. The Balaban J connectivity index is 0.550. The third kappa shape index (κ3) is 18.8. The number of alkyl carbamates (subject to hydrolysis) is 1. The van der Waals surface area contributed by atoms with Gasteiger partial charge in [0.25, 0.3) is 22.9 Å². The lowest BCUT2D eigenvalue weighted by molar-refractivity contribution is -0.172. The first-order chi connectivity index (χ1) is 59.8. The van der Waals surface area contributed by atoms with E-state index in [9.17, 15) is 77.3 Å². The Bertz CT molecular complexity index is 5880. The average Bonchev–Trinajstić information content (AvgIpc) is 1.58. The molecule has 5 atom stereocenters. The van der Waals surface area contributed by atoms with Crippen LogP contribution < -0.4 is 63.5 Å². The Morgan fingerprint density at radius 1 is 0.600 bits per heavy atom. The lowest BCUT2D eigenvalue weighted by Crippen LogP contribution is -2.55. The van der Waals surface area contributed by atoms with E-state index in [2.05, 4.69) is 37.2 Å². The molecule has 38 heteroatoms. The second-order valence-electron chi connectivity index (χ2n) is 31.0. The van der Waals surface area contributed by atoms with E-state index in [4.69, 9.17) is 44.1 Å². The van der Waals surface area contributed by atoms with E-state index in [1.165, 1.54) is 75.6 Å². The minimum Gasteiger partial charge on any atom is -0.470 e. The molecular weight excluding hydrogens is 1630 g/mol. The molecule has 9 amide bonds. The highest BCUT2D eigenvalue weighted by Crippen LogP contribution is 2.44. The van der Waals surface area contributed by atoms with Crippen molar-refractivity contribution >= 4 is 105 Å². The van der Waals surface area contributed by atoms with Crippen LogP contribution in [0.15, 0.2) is 107 Å². The van der Waals surface area contributed by atoms with Crippen molar-refractivity contribution in [2.45, 2.75) is 162 Å². The number of aryl methyl sites for hydroxylation is 2. The zero-order valence-corrected chi connectivity index (χ0v) is 69.3. The Labute approximate surface area is 711 Å². The Morgan fingerprint density at radius 3 is 1.63 bits per heavy atom. The fraction of sp³-hybridized carbons (Fsp3) is 0.379. The highest BCUT2D eigenvalue weighted by atomic mass is 19.1. The van der Waals surface area contributed by atoms with Crippen molar-refractivity contribution in [3.63, 3.8) is 0 Å². The summed E-state index contributed by atoms with van der Waals surface area (Å²) in [6, 6.07) is 16.8. The molecule has 0 spiro atoms. The van der Waals surface area contributed by atoms with Crippen LogP contribution in [0.1, 0.15) is 136 Å². The van der Waals surface area contributed by atoms with Gasteiger partial charge in [0.2, 0.25) is 35.4 Å². The van der Waals surface area contributed by atoms with Crippen LogP contribution in [0.25, 0.3) is 44.6 Å². The van der Waals surface area contributed by atoms with Gasteiger partial charge in [0.1, 0.15) is 44.6 Å². The van der Waals surface area contributed by atoms with E-state index in [1.807, 2.05) is 13.8 Å². The number of carbonyl (C=O) groups is 12. The van der Waals surface area contributed by atoms with Gasteiger partial charge in [0.05, 0.1) is 77.7 Å². The van der Waals surface area contributed by atoms with Gasteiger partial charge in [-0.05, 0) is 135 Å². The number of fused-ring (bicyclic) bond motifs is 10. The first-order valence-electron chi connectivity index (χ1n) is 40.7. The third-order valence-electron chi connectivity index (χ3n) is 22.6. The summed E-state index contributed by atoms with van der Waals surface area (Å²) in [5, 5.41) is 41.7. The van der Waals surface area contributed by atoms with E-state index in [-0.39, 0.29) is 123 Å². The number of cyclic esters (lactones) is 2. The van der Waals surface area contributed by atoms with Crippen molar-refractivity contribution in [3.8, 4) is 34.3 Å². The number of anilines is 2. The van der Waals surface area contributed by atoms with E-state index in [0.717, 1.165) is 28.7 Å². The zero-order valence-electron chi connectivity index (χ0n) is 69.3. The van der Waals surface area contributed by atoms with Crippen LogP contribution in [-0.2, 0) is 130 Å². The van der Waals surface area contributed by atoms with Gasteiger partial charge in [0, 0.05) is 81.8 Å². The number of rotatable bonds is 34.